The van der Waals surface area contributed by atoms with Crippen molar-refractivity contribution in [1.29, 1.82) is 0 Å². The Hall–Kier alpha value is -3.47. The standard InChI is InChI=1S/C21H17N5/c1-12-19(13(2)26-25-12)21-20-16(15-7-3-4-8-17(15)23-20)10-18(24-21)14-6-5-9-22-11-14/h3-11,23H,1-2H3,(H,25,26). The molecule has 0 bridgehead atoms. The SMILES string of the molecule is Cc1n[nH]c(C)c1-c1nc(-c2cccnc2)cc2c1[nH]c1ccccc12. The summed E-state index contributed by atoms with van der Waals surface area (Å²) in [4.78, 5) is 12.8. The minimum absolute atomic E-state index is 0.908. The average molecular weight is 339 g/mol. The van der Waals surface area contributed by atoms with E-state index in [-0.39, 0.29) is 0 Å². The van der Waals surface area contributed by atoms with Crippen LogP contribution in [-0.4, -0.2) is 25.1 Å². The summed E-state index contributed by atoms with van der Waals surface area (Å²) in [6, 6.07) is 14.5. The van der Waals surface area contributed by atoms with E-state index >= 15 is 0 Å². The largest absolute Gasteiger partial charge is 0.353 e. The molecule has 0 unspecified atom stereocenters. The highest BCUT2D eigenvalue weighted by Gasteiger charge is 2.18. The predicted octanol–water partition coefficient (Wildman–Crippen LogP) is 4.79. The molecule has 2 N–H and O–H groups in total. The van der Waals surface area contributed by atoms with E-state index in [1.54, 1.807) is 6.20 Å². The third-order valence-corrected chi connectivity index (χ3v) is 4.82. The van der Waals surface area contributed by atoms with Crippen LogP contribution in [0.25, 0.3) is 44.3 Å². The van der Waals surface area contributed by atoms with Crippen molar-refractivity contribution < 1.29 is 0 Å². The molecule has 26 heavy (non-hydrogen) atoms. The van der Waals surface area contributed by atoms with Crippen LogP contribution in [0, 0.1) is 13.8 Å². The Balaban J connectivity index is 1.93. The maximum atomic E-state index is 5.00. The maximum absolute atomic E-state index is 5.00. The van der Waals surface area contributed by atoms with Gasteiger partial charge < -0.3 is 4.98 Å². The lowest BCUT2D eigenvalue weighted by atomic mass is 10.0. The number of pyridine rings is 2. The second kappa shape index (κ2) is 5.52. The molecule has 1 aromatic carbocycles. The van der Waals surface area contributed by atoms with Crippen LogP contribution in [0.1, 0.15) is 11.4 Å². The van der Waals surface area contributed by atoms with Gasteiger partial charge >= 0.3 is 0 Å². The van der Waals surface area contributed by atoms with E-state index < -0.39 is 0 Å². The normalized spacial score (nSPS) is 11.5. The van der Waals surface area contributed by atoms with Crippen molar-refractivity contribution in [2.24, 2.45) is 0 Å². The fourth-order valence-corrected chi connectivity index (χ4v) is 3.59. The highest BCUT2D eigenvalue weighted by atomic mass is 15.1. The van der Waals surface area contributed by atoms with Crippen molar-refractivity contribution in [2.75, 3.05) is 0 Å². The molecular weight excluding hydrogens is 322 g/mol. The highest BCUT2D eigenvalue weighted by Crippen LogP contribution is 2.36. The number of hydrogen-bond donors (Lipinski definition) is 2. The van der Waals surface area contributed by atoms with Gasteiger partial charge in [-0.05, 0) is 38.1 Å². The molecule has 0 aliphatic rings. The van der Waals surface area contributed by atoms with Crippen molar-refractivity contribution >= 4 is 21.8 Å². The molecule has 5 nitrogen and oxygen atoms in total. The smallest absolute Gasteiger partial charge is 0.0987 e. The number of nitrogens with zero attached hydrogens (tertiary/aromatic N) is 3. The van der Waals surface area contributed by atoms with Gasteiger partial charge in [-0.15, -0.1) is 0 Å². The van der Waals surface area contributed by atoms with E-state index in [0.717, 1.165) is 50.3 Å². The first-order valence-electron chi connectivity index (χ1n) is 8.56. The number of aryl methyl sites for hydroxylation is 2. The molecule has 0 saturated carbocycles. The molecule has 4 heterocycles. The predicted molar refractivity (Wildman–Crippen MR) is 104 cm³/mol. The van der Waals surface area contributed by atoms with Gasteiger partial charge in [0.1, 0.15) is 0 Å². The number of benzene rings is 1. The summed E-state index contributed by atoms with van der Waals surface area (Å²) in [7, 11) is 0. The summed E-state index contributed by atoms with van der Waals surface area (Å²) >= 11 is 0. The summed E-state index contributed by atoms with van der Waals surface area (Å²) in [6.07, 6.45) is 3.63. The Morgan fingerprint density at radius 3 is 2.62 bits per heavy atom. The van der Waals surface area contributed by atoms with E-state index in [1.807, 2.05) is 38.2 Å². The highest BCUT2D eigenvalue weighted by molar-refractivity contribution is 6.12. The van der Waals surface area contributed by atoms with E-state index in [9.17, 15) is 0 Å². The lowest BCUT2D eigenvalue weighted by Gasteiger charge is -2.08. The van der Waals surface area contributed by atoms with E-state index in [2.05, 4.69) is 44.4 Å². The summed E-state index contributed by atoms with van der Waals surface area (Å²) in [5.74, 6) is 0. The first-order chi connectivity index (χ1) is 12.7. The van der Waals surface area contributed by atoms with Gasteiger partial charge in [-0.25, -0.2) is 4.98 Å². The van der Waals surface area contributed by atoms with Crippen LogP contribution < -0.4 is 0 Å². The van der Waals surface area contributed by atoms with Gasteiger partial charge in [0.25, 0.3) is 0 Å². The fraction of sp³-hybridized carbons (Fsp3) is 0.0952. The van der Waals surface area contributed by atoms with Crippen LogP contribution in [0.3, 0.4) is 0 Å². The third-order valence-electron chi connectivity index (χ3n) is 4.82. The second-order valence-corrected chi connectivity index (χ2v) is 6.50. The number of fused-ring (bicyclic) bond motifs is 3. The Kier molecular flexibility index (Phi) is 3.15. The molecule has 0 saturated heterocycles. The molecule has 0 aliphatic carbocycles. The van der Waals surface area contributed by atoms with Crippen molar-refractivity contribution in [2.45, 2.75) is 13.8 Å². The summed E-state index contributed by atoms with van der Waals surface area (Å²) in [5.41, 5.74) is 7.97. The quantitative estimate of drug-likeness (QED) is 0.486. The zero-order valence-electron chi connectivity index (χ0n) is 14.5. The Morgan fingerprint density at radius 2 is 1.85 bits per heavy atom. The molecule has 0 fully saturated rings. The lowest BCUT2D eigenvalue weighted by molar-refractivity contribution is 1.02. The van der Waals surface area contributed by atoms with E-state index in [1.165, 1.54) is 5.39 Å². The van der Waals surface area contributed by atoms with Gasteiger partial charge in [0, 0.05) is 45.5 Å². The summed E-state index contributed by atoms with van der Waals surface area (Å²) < 4.78 is 0. The van der Waals surface area contributed by atoms with Crippen LogP contribution in [-0.2, 0) is 0 Å². The van der Waals surface area contributed by atoms with Crippen LogP contribution in [0.4, 0.5) is 0 Å². The number of nitrogens with one attached hydrogen (secondary N) is 2. The van der Waals surface area contributed by atoms with E-state index in [0.29, 0.717) is 0 Å². The van der Waals surface area contributed by atoms with Gasteiger partial charge in [0.05, 0.1) is 22.6 Å². The second-order valence-electron chi connectivity index (χ2n) is 6.50. The van der Waals surface area contributed by atoms with Gasteiger partial charge in [0.2, 0.25) is 0 Å². The van der Waals surface area contributed by atoms with Gasteiger partial charge in [-0.3, -0.25) is 10.1 Å². The van der Waals surface area contributed by atoms with Crippen LogP contribution in [0.2, 0.25) is 0 Å². The Morgan fingerprint density at radius 1 is 0.962 bits per heavy atom. The van der Waals surface area contributed by atoms with Gasteiger partial charge in [-0.1, -0.05) is 18.2 Å². The first-order valence-corrected chi connectivity index (χ1v) is 8.56. The van der Waals surface area contributed by atoms with Crippen molar-refractivity contribution in [3.8, 4) is 22.5 Å². The zero-order chi connectivity index (χ0) is 17.7. The number of aromatic amines is 2. The molecule has 5 heteroatoms. The molecule has 0 atom stereocenters. The number of hydrogen-bond acceptors (Lipinski definition) is 3. The first kappa shape index (κ1) is 14.8. The van der Waals surface area contributed by atoms with Crippen molar-refractivity contribution in [3.63, 3.8) is 0 Å². The molecule has 0 radical (unpaired) electrons. The average Bonchev–Trinajstić information content (AvgIpc) is 3.22. The summed E-state index contributed by atoms with van der Waals surface area (Å²) in [6.45, 7) is 4.04. The molecule has 0 amide bonds. The minimum atomic E-state index is 0.908. The van der Waals surface area contributed by atoms with Crippen LogP contribution >= 0.6 is 0 Å². The monoisotopic (exact) mass is 339 g/mol. The topological polar surface area (TPSA) is 70.2 Å². The molecular formula is C21H17N5. The van der Waals surface area contributed by atoms with Crippen LogP contribution in [0.5, 0.6) is 0 Å². The molecule has 5 rings (SSSR count). The molecule has 4 aromatic heterocycles. The van der Waals surface area contributed by atoms with Crippen molar-refractivity contribution in [3.05, 3.63) is 66.2 Å². The molecule has 5 aromatic rings. The number of para-hydroxylation sites is 1. The van der Waals surface area contributed by atoms with Gasteiger partial charge in [-0.2, -0.15) is 5.10 Å². The Labute approximate surface area is 150 Å². The fourth-order valence-electron chi connectivity index (χ4n) is 3.59. The molecule has 0 aliphatic heterocycles. The Bertz CT molecular complexity index is 1230. The summed E-state index contributed by atoms with van der Waals surface area (Å²) in [5, 5.41) is 9.79. The molecule has 0 spiro atoms. The number of rotatable bonds is 2. The lowest BCUT2D eigenvalue weighted by Crippen LogP contribution is -1.93. The van der Waals surface area contributed by atoms with Crippen LogP contribution in [0.15, 0.2) is 54.9 Å². The zero-order valence-corrected chi connectivity index (χ0v) is 14.5. The molecule has 126 valence electrons. The number of H-pyrrole nitrogens is 2. The van der Waals surface area contributed by atoms with E-state index in [4.69, 9.17) is 4.98 Å². The van der Waals surface area contributed by atoms with Gasteiger partial charge in [0.15, 0.2) is 0 Å². The van der Waals surface area contributed by atoms with Crippen molar-refractivity contribution in [1.82, 2.24) is 25.1 Å². The maximum Gasteiger partial charge on any atom is 0.0987 e. The minimum Gasteiger partial charge on any atom is -0.353 e. The third kappa shape index (κ3) is 2.14. The number of aromatic nitrogens is 5.